The number of nitrogens with one attached hydrogen (secondary N) is 2. The summed E-state index contributed by atoms with van der Waals surface area (Å²) in [5, 5.41) is 4.98. The Labute approximate surface area is 114 Å². The van der Waals surface area contributed by atoms with Gasteiger partial charge in [-0.15, -0.1) is 0 Å². The topological polar surface area (TPSA) is 37.0 Å². The van der Waals surface area contributed by atoms with Crippen molar-refractivity contribution in [3.8, 4) is 5.75 Å². The third kappa shape index (κ3) is 2.35. The van der Waals surface area contributed by atoms with Gasteiger partial charge in [0.2, 0.25) is 0 Å². The van der Waals surface area contributed by atoms with E-state index in [1.807, 2.05) is 6.07 Å². The summed E-state index contributed by atoms with van der Waals surface area (Å²) in [5.41, 5.74) is 4.13. The summed E-state index contributed by atoms with van der Waals surface area (Å²) in [5.74, 6) is 0.943. The first kappa shape index (κ1) is 12.5. The van der Waals surface area contributed by atoms with Gasteiger partial charge in [-0.3, -0.25) is 0 Å². The molecule has 3 heteroatoms. The van der Waals surface area contributed by atoms with Crippen LogP contribution >= 0.6 is 0 Å². The van der Waals surface area contributed by atoms with Crippen molar-refractivity contribution in [3.05, 3.63) is 29.5 Å². The zero-order chi connectivity index (χ0) is 13.2. The quantitative estimate of drug-likeness (QED) is 0.884. The normalized spacial score (nSPS) is 18.5. The Morgan fingerprint density at radius 3 is 3.11 bits per heavy atom. The van der Waals surface area contributed by atoms with Crippen LogP contribution in [0.15, 0.2) is 18.2 Å². The summed E-state index contributed by atoms with van der Waals surface area (Å²) < 4.78 is 5.34. The van der Waals surface area contributed by atoms with Crippen molar-refractivity contribution in [1.82, 2.24) is 10.3 Å². The maximum absolute atomic E-state index is 5.34. The first-order valence-electron chi connectivity index (χ1n) is 7.22. The summed E-state index contributed by atoms with van der Waals surface area (Å²) in [6.07, 6.45) is 4.71. The highest BCUT2D eigenvalue weighted by molar-refractivity contribution is 5.86. The van der Waals surface area contributed by atoms with Crippen LogP contribution in [0.3, 0.4) is 0 Å². The summed E-state index contributed by atoms with van der Waals surface area (Å²) in [7, 11) is 1.73. The molecule has 0 bridgehead atoms. The maximum Gasteiger partial charge on any atom is 0.119 e. The van der Waals surface area contributed by atoms with E-state index in [0.29, 0.717) is 6.04 Å². The molecule has 0 aliphatic heterocycles. The molecule has 2 N–H and O–H groups in total. The lowest BCUT2D eigenvalue weighted by Crippen LogP contribution is -2.34. The predicted molar refractivity (Wildman–Crippen MR) is 79.0 cm³/mol. The fraction of sp³-hybridized carbons (Fsp3) is 0.500. The van der Waals surface area contributed by atoms with Crippen molar-refractivity contribution in [1.29, 1.82) is 0 Å². The van der Waals surface area contributed by atoms with Gasteiger partial charge in [0.15, 0.2) is 0 Å². The van der Waals surface area contributed by atoms with Crippen LogP contribution in [0, 0.1) is 0 Å². The van der Waals surface area contributed by atoms with Crippen LogP contribution in [0.1, 0.15) is 31.0 Å². The van der Waals surface area contributed by atoms with Gasteiger partial charge in [0.25, 0.3) is 0 Å². The van der Waals surface area contributed by atoms with Gasteiger partial charge in [-0.05, 0) is 56.0 Å². The average Bonchev–Trinajstić information content (AvgIpc) is 2.82. The summed E-state index contributed by atoms with van der Waals surface area (Å²) in [6, 6.07) is 6.93. The first-order chi connectivity index (χ1) is 9.31. The highest BCUT2D eigenvalue weighted by Crippen LogP contribution is 2.31. The molecule has 0 fully saturated rings. The van der Waals surface area contributed by atoms with Crippen molar-refractivity contribution in [3.63, 3.8) is 0 Å². The SMILES string of the molecule is CCCNC1CCc2[nH]c3ccc(OC)cc3c2C1. The van der Waals surface area contributed by atoms with Gasteiger partial charge in [-0.1, -0.05) is 6.92 Å². The van der Waals surface area contributed by atoms with Crippen molar-refractivity contribution >= 4 is 10.9 Å². The molecule has 1 heterocycles. The Morgan fingerprint density at radius 2 is 2.32 bits per heavy atom. The minimum atomic E-state index is 0.623. The Hall–Kier alpha value is -1.48. The van der Waals surface area contributed by atoms with E-state index in [0.717, 1.165) is 25.1 Å². The minimum absolute atomic E-state index is 0.623. The molecule has 1 aromatic carbocycles. The number of rotatable bonds is 4. The lowest BCUT2D eigenvalue weighted by molar-refractivity contribution is 0.415. The van der Waals surface area contributed by atoms with E-state index in [-0.39, 0.29) is 0 Å². The second-order valence-electron chi connectivity index (χ2n) is 5.39. The molecule has 3 nitrogen and oxygen atoms in total. The van der Waals surface area contributed by atoms with Gasteiger partial charge in [-0.2, -0.15) is 0 Å². The zero-order valence-electron chi connectivity index (χ0n) is 11.8. The average molecular weight is 258 g/mol. The second kappa shape index (κ2) is 5.25. The highest BCUT2D eigenvalue weighted by atomic mass is 16.5. The van der Waals surface area contributed by atoms with Crippen molar-refractivity contribution in [2.45, 2.75) is 38.6 Å². The Bertz CT molecular complexity index is 573. The number of hydrogen-bond acceptors (Lipinski definition) is 2. The van der Waals surface area contributed by atoms with Crippen LogP contribution in [-0.2, 0) is 12.8 Å². The summed E-state index contributed by atoms with van der Waals surface area (Å²) in [4.78, 5) is 3.56. The molecule has 2 aromatic rings. The number of hydrogen-bond donors (Lipinski definition) is 2. The molecule has 0 amide bonds. The van der Waals surface area contributed by atoms with Crippen molar-refractivity contribution < 1.29 is 4.74 Å². The molecule has 19 heavy (non-hydrogen) atoms. The monoisotopic (exact) mass is 258 g/mol. The molecule has 1 aromatic heterocycles. The number of fused-ring (bicyclic) bond motifs is 3. The molecule has 1 aliphatic rings. The van der Waals surface area contributed by atoms with Gasteiger partial charge < -0.3 is 15.0 Å². The number of benzene rings is 1. The van der Waals surface area contributed by atoms with E-state index < -0.39 is 0 Å². The molecule has 0 spiro atoms. The molecule has 3 rings (SSSR count). The lowest BCUT2D eigenvalue weighted by atomic mass is 9.91. The van der Waals surface area contributed by atoms with Crippen LogP contribution in [0.2, 0.25) is 0 Å². The number of aryl methyl sites for hydroxylation is 1. The molecule has 0 saturated carbocycles. The van der Waals surface area contributed by atoms with Gasteiger partial charge in [0.1, 0.15) is 5.75 Å². The lowest BCUT2D eigenvalue weighted by Gasteiger charge is -2.23. The molecule has 0 saturated heterocycles. The molecular formula is C16H22N2O. The third-order valence-corrected chi connectivity index (χ3v) is 4.08. The molecule has 1 unspecified atom stereocenters. The Morgan fingerprint density at radius 1 is 1.42 bits per heavy atom. The Balaban J connectivity index is 1.92. The van der Waals surface area contributed by atoms with E-state index >= 15 is 0 Å². The maximum atomic E-state index is 5.34. The smallest absolute Gasteiger partial charge is 0.119 e. The zero-order valence-corrected chi connectivity index (χ0v) is 11.8. The van der Waals surface area contributed by atoms with Crippen LogP contribution in [0.5, 0.6) is 5.75 Å². The molecule has 102 valence electrons. The fourth-order valence-electron chi connectivity index (χ4n) is 3.05. The molecular weight excluding hydrogens is 236 g/mol. The first-order valence-corrected chi connectivity index (χ1v) is 7.22. The van der Waals surface area contributed by atoms with Crippen molar-refractivity contribution in [2.24, 2.45) is 0 Å². The summed E-state index contributed by atoms with van der Waals surface area (Å²) in [6.45, 7) is 3.34. The van der Waals surface area contributed by atoms with Crippen LogP contribution in [0.25, 0.3) is 10.9 Å². The predicted octanol–water partition coefficient (Wildman–Crippen LogP) is 3.03. The van der Waals surface area contributed by atoms with Gasteiger partial charge in [-0.25, -0.2) is 0 Å². The number of methoxy groups -OCH3 is 1. The van der Waals surface area contributed by atoms with Gasteiger partial charge >= 0.3 is 0 Å². The van der Waals surface area contributed by atoms with Gasteiger partial charge in [0, 0.05) is 22.6 Å². The number of aromatic nitrogens is 1. The fourth-order valence-corrected chi connectivity index (χ4v) is 3.05. The number of H-pyrrole nitrogens is 1. The number of aromatic amines is 1. The van der Waals surface area contributed by atoms with E-state index in [9.17, 15) is 0 Å². The van der Waals surface area contributed by atoms with E-state index in [4.69, 9.17) is 4.74 Å². The molecule has 1 aliphatic carbocycles. The second-order valence-corrected chi connectivity index (χ2v) is 5.39. The Kier molecular flexibility index (Phi) is 3.47. The summed E-state index contributed by atoms with van der Waals surface area (Å²) >= 11 is 0. The van der Waals surface area contributed by atoms with E-state index in [2.05, 4.69) is 29.4 Å². The highest BCUT2D eigenvalue weighted by Gasteiger charge is 2.22. The van der Waals surface area contributed by atoms with Crippen LogP contribution in [-0.4, -0.2) is 24.7 Å². The van der Waals surface area contributed by atoms with Crippen LogP contribution < -0.4 is 10.1 Å². The standard InChI is InChI=1S/C16H22N2O/c1-3-8-17-11-4-6-15-13(9-11)14-10-12(19-2)5-7-16(14)18-15/h5,7,10-11,17-18H,3-4,6,8-9H2,1-2H3. The molecule has 1 atom stereocenters. The molecule has 0 radical (unpaired) electrons. The van der Waals surface area contributed by atoms with E-state index in [1.54, 1.807) is 7.11 Å². The van der Waals surface area contributed by atoms with Gasteiger partial charge in [0.05, 0.1) is 7.11 Å². The van der Waals surface area contributed by atoms with E-state index in [1.165, 1.54) is 35.0 Å². The van der Waals surface area contributed by atoms with Crippen LogP contribution in [0.4, 0.5) is 0 Å². The van der Waals surface area contributed by atoms with Crippen molar-refractivity contribution in [2.75, 3.05) is 13.7 Å². The third-order valence-electron chi connectivity index (χ3n) is 4.08. The minimum Gasteiger partial charge on any atom is -0.497 e. The largest absolute Gasteiger partial charge is 0.497 e. The number of ether oxygens (including phenoxy) is 1.